The molecular weight excluding hydrogens is 407 g/mol. The van der Waals surface area contributed by atoms with Gasteiger partial charge in [0.1, 0.15) is 3.70 Å². The summed E-state index contributed by atoms with van der Waals surface area (Å²) < 4.78 is 7.78. The smallest absolute Gasteiger partial charge is 0.338 e. The molecule has 23 heavy (non-hydrogen) atoms. The van der Waals surface area contributed by atoms with Crippen molar-refractivity contribution in [3.63, 3.8) is 0 Å². The molecule has 118 valence electrons. The van der Waals surface area contributed by atoms with E-state index >= 15 is 0 Å². The lowest BCUT2D eigenvalue weighted by molar-refractivity contribution is 0.0599. The number of aryl methyl sites for hydroxylation is 1. The van der Waals surface area contributed by atoms with Crippen molar-refractivity contribution in [1.82, 2.24) is 14.4 Å². The number of ether oxygens (including phenoxy) is 1. The van der Waals surface area contributed by atoms with Gasteiger partial charge in [0.05, 0.1) is 18.9 Å². The second kappa shape index (κ2) is 6.53. The molecule has 2 heterocycles. The largest absolute Gasteiger partial charge is 0.465 e. The fourth-order valence-corrected chi connectivity index (χ4v) is 2.92. The van der Waals surface area contributed by atoms with Crippen LogP contribution in [0.25, 0.3) is 5.65 Å². The zero-order valence-electron chi connectivity index (χ0n) is 12.7. The highest BCUT2D eigenvalue weighted by atomic mass is 127. The third-order valence-corrected chi connectivity index (χ3v) is 4.34. The molecule has 0 radical (unpaired) electrons. The number of benzene rings is 1. The lowest BCUT2D eigenvalue weighted by Gasteiger charge is -2.11. The molecule has 0 aliphatic carbocycles. The van der Waals surface area contributed by atoms with Crippen LogP contribution in [0, 0.1) is 3.70 Å². The van der Waals surface area contributed by atoms with Crippen molar-refractivity contribution in [2.24, 2.45) is 0 Å². The molecule has 0 spiro atoms. The van der Waals surface area contributed by atoms with Gasteiger partial charge in [-0.3, -0.25) is 4.40 Å². The van der Waals surface area contributed by atoms with E-state index in [0.29, 0.717) is 11.4 Å². The van der Waals surface area contributed by atoms with E-state index in [0.717, 1.165) is 27.0 Å². The van der Waals surface area contributed by atoms with Crippen molar-refractivity contribution in [3.05, 3.63) is 51.6 Å². The highest BCUT2D eigenvalue weighted by molar-refractivity contribution is 14.1. The van der Waals surface area contributed by atoms with Crippen LogP contribution in [0.2, 0.25) is 0 Å². The molecule has 0 saturated carbocycles. The summed E-state index contributed by atoms with van der Waals surface area (Å²) in [6.45, 7) is 2.00. The van der Waals surface area contributed by atoms with Crippen LogP contribution in [0.3, 0.4) is 0 Å². The number of nitrogens with zero attached hydrogens (tertiary/aromatic N) is 3. The number of hydrogen-bond acceptors (Lipinski definition) is 5. The second-order valence-electron chi connectivity index (χ2n) is 4.89. The molecule has 0 atom stereocenters. The highest BCUT2D eigenvalue weighted by Crippen LogP contribution is 2.23. The molecule has 1 N–H and O–H groups in total. The number of aromatic nitrogens is 3. The molecule has 0 fully saturated rings. The van der Waals surface area contributed by atoms with Crippen LogP contribution in [-0.4, -0.2) is 27.4 Å². The van der Waals surface area contributed by atoms with E-state index in [4.69, 9.17) is 4.74 Å². The van der Waals surface area contributed by atoms with Crippen molar-refractivity contribution >= 4 is 45.7 Å². The Balaban J connectivity index is 1.97. The lowest BCUT2D eigenvalue weighted by atomic mass is 10.0. The number of esters is 1. The number of hydrogen-bond donors (Lipinski definition) is 1. The molecule has 3 aromatic rings. The molecule has 3 rings (SSSR count). The molecule has 0 aliphatic rings. The predicted molar refractivity (Wildman–Crippen MR) is 96.1 cm³/mol. The number of rotatable bonds is 4. The van der Waals surface area contributed by atoms with Crippen molar-refractivity contribution in [3.8, 4) is 0 Å². The summed E-state index contributed by atoms with van der Waals surface area (Å²) >= 11 is 2.22. The minimum absolute atomic E-state index is 0.323. The molecule has 2 aromatic heterocycles. The average molecular weight is 422 g/mol. The van der Waals surface area contributed by atoms with Gasteiger partial charge in [-0.05, 0) is 52.8 Å². The van der Waals surface area contributed by atoms with Crippen LogP contribution >= 0.6 is 22.6 Å². The summed E-state index contributed by atoms with van der Waals surface area (Å²) in [5.74, 6) is 0.347. The zero-order valence-corrected chi connectivity index (χ0v) is 14.9. The van der Waals surface area contributed by atoms with Crippen molar-refractivity contribution in [2.75, 3.05) is 12.4 Å². The van der Waals surface area contributed by atoms with Crippen LogP contribution in [0.5, 0.6) is 0 Å². The van der Waals surface area contributed by atoms with Gasteiger partial charge in [0, 0.05) is 18.1 Å². The quantitative estimate of drug-likeness (QED) is 0.516. The Labute approximate surface area is 147 Å². The van der Waals surface area contributed by atoms with Gasteiger partial charge >= 0.3 is 5.97 Å². The number of halogens is 1. The van der Waals surface area contributed by atoms with Crippen LogP contribution < -0.4 is 5.32 Å². The first kappa shape index (κ1) is 15.7. The Bertz CT molecular complexity index is 876. The number of methoxy groups -OCH3 is 1. The normalized spacial score (nSPS) is 10.7. The molecule has 7 heteroatoms. The first-order valence-corrected chi connectivity index (χ1v) is 8.17. The van der Waals surface area contributed by atoms with Crippen molar-refractivity contribution in [1.29, 1.82) is 0 Å². The van der Waals surface area contributed by atoms with E-state index < -0.39 is 0 Å². The summed E-state index contributed by atoms with van der Waals surface area (Å²) in [6, 6.07) is 5.54. The minimum Gasteiger partial charge on any atom is -0.465 e. The Morgan fingerprint density at radius 2 is 2.22 bits per heavy atom. The summed E-state index contributed by atoms with van der Waals surface area (Å²) in [5.41, 5.74) is 3.12. The first-order valence-electron chi connectivity index (χ1n) is 7.10. The van der Waals surface area contributed by atoms with Crippen LogP contribution in [0.4, 0.5) is 11.5 Å². The maximum atomic E-state index is 11.8. The van der Waals surface area contributed by atoms with Crippen LogP contribution in [0.15, 0.2) is 36.8 Å². The fraction of sp³-hybridized carbons (Fsp3) is 0.188. The Morgan fingerprint density at radius 1 is 1.39 bits per heavy atom. The molecule has 0 unspecified atom stereocenters. The van der Waals surface area contributed by atoms with Gasteiger partial charge in [0.2, 0.25) is 0 Å². The van der Waals surface area contributed by atoms with E-state index in [9.17, 15) is 4.79 Å². The number of imidazole rings is 1. The molecule has 0 amide bonds. The fourth-order valence-electron chi connectivity index (χ4n) is 2.39. The van der Waals surface area contributed by atoms with E-state index in [-0.39, 0.29) is 5.97 Å². The number of carbonyl (C=O) groups excluding carboxylic acids is 1. The molecule has 1 aromatic carbocycles. The topological polar surface area (TPSA) is 68.5 Å². The number of anilines is 2. The molecule has 6 nitrogen and oxygen atoms in total. The lowest BCUT2D eigenvalue weighted by Crippen LogP contribution is -2.06. The van der Waals surface area contributed by atoms with Gasteiger partial charge in [-0.2, -0.15) is 0 Å². The van der Waals surface area contributed by atoms with E-state index in [1.807, 2.05) is 29.7 Å². The SMILES string of the molecule is CCc1cc(Nc2nccn3c(I)cnc23)ccc1C(=O)OC. The number of nitrogens with one attached hydrogen (secondary N) is 1. The predicted octanol–water partition coefficient (Wildman–Crippen LogP) is 3.43. The monoisotopic (exact) mass is 422 g/mol. The zero-order chi connectivity index (χ0) is 16.4. The van der Waals surface area contributed by atoms with Crippen LogP contribution in [-0.2, 0) is 11.2 Å². The van der Waals surface area contributed by atoms with Gasteiger partial charge in [-0.1, -0.05) is 6.92 Å². The summed E-state index contributed by atoms with van der Waals surface area (Å²) in [7, 11) is 1.39. The maximum absolute atomic E-state index is 11.8. The average Bonchev–Trinajstić information content (AvgIpc) is 2.96. The van der Waals surface area contributed by atoms with Crippen molar-refractivity contribution in [2.45, 2.75) is 13.3 Å². The Hall–Kier alpha value is -2.16. The first-order chi connectivity index (χ1) is 11.1. The third-order valence-electron chi connectivity index (χ3n) is 3.54. The number of fused-ring (bicyclic) bond motifs is 1. The van der Waals surface area contributed by atoms with Gasteiger partial charge in [0.25, 0.3) is 0 Å². The molecule has 0 bridgehead atoms. The summed E-state index contributed by atoms with van der Waals surface area (Å²) in [4.78, 5) is 20.5. The van der Waals surface area contributed by atoms with E-state index in [2.05, 4.69) is 37.9 Å². The second-order valence-corrected chi connectivity index (χ2v) is 6.00. The Morgan fingerprint density at radius 3 is 2.96 bits per heavy atom. The summed E-state index contributed by atoms with van der Waals surface area (Å²) in [5, 5.41) is 3.27. The molecule has 0 aliphatic heterocycles. The van der Waals surface area contributed by atoms with Gasteiger partial charge in [0.15, 0.2) is 11.5 Å². The highest BCUT2D eigenvalue weighted by Gasteiger charge is 2.12. The minimum atomic E-state index is -0.323. The third kappa shape index (κ3) is 3.00. The Kier molecular flexibility index (Phi) is 4.46. The van der Waals surface area contributed by atoms with E-state index in [1.54, 1.807) is 18.5 Å². The summed E-state index contributed by atoms with van der Waals surface area (Å²) in [6.07, 6.45) is 6.12. The van der Waals surface area contributed by atoms with Gasteiger partial charge in [-0.25, -0.2) is 14.8 Å². The maximum Gasteiger partial charge on any atom is 0.338 e. The molecular formula is C16H15IN4O2. The van der Waals surface area contributed by atoms with Gasteiger partial charge in [-0.15, -0.1) is 0 Å². The standard InChI is InChI=1S/C16H15IN4O2/c1-3-10-8-11(4-5-12(10)16(22)23-2)20-14-15-19-9-13(17)21(15)7-6-18-14/h4-9H,3H2,1-2H3,(H,18,20). The molecule has 0 saturated heterocycles. The number of carbonyl (C=O) groups is 1. The van der Waals surface area contributed by atoms with Crippen molar-refractivity contribution < 1.29 is 9.53 Å². The van der Waals surface area contributed by atoms with Crippen LogP contribution in [0.1, 0.15) is 22.8 Å². The van der Waals surface area contributed by atoms with E-state index in [1.165, 1.54) is 7.11 Å². The van der Waals surface area contributed by atoms with Gasteiger partial charge < -0.3 is 10.1 Å².